The Bertz CT molecular complexity index is 567. The molecule has 0 spiro atoms. The Balaban J connectivity index is 1.90. The SMILES string of the molecule is CC(C)(C)C(=O)NCc1ccc(C(=O)N2CCC(CO)CC2)cc1. The Morgan fingerprint density at radius 1 is 1.17 bits per heavy atom. The van der Waals surface area contributed by atoms with E-state index in [-0.39, 0.29) is 18.4 Å². The molecule has 2 N–H and O–H groups in total. The topological polar surface area (TPSA) is 69.6 Å². The van der Waals surface area contributed by atoms with Gasteiger partial charge in [-0.1, -0.05) is 32.9 Å². The van der Waals surface area contributed by atoms with Crippen molar-refractivity contribution >= 4 is 11.8 Å². The van der Waals surface area contributed by atoms with Crippen LogP contribution >= 0.6 is 0 Å². The summed E-state index contributed by atoms with van der Waals surface area (Å²) >= 11 is 0. The molecule has 5 heteroatoms. The molecule has 1 aliphatic heterocycles. The summed E-state index contributed by atoms with van der Waals surface area (Å²) in [5.74, 6) is 0.369. The van der Waals surface area contributed by atoms with Crippen LogP contribution in [0, 0.1) is 11.3 Å². The molecule has 5 nitrogen and oxygen atoms in total. The van der Waals surface area contributed by atoms with Gasteiger partial charge in [-0.3, -0.25) is 9.59 Å². The minimum Gasteiger partial charge on any atom is -0.396 e. The molecule has 132 valence electrons. The van der Waals surface area contributed by atoms with Crippen LogP contribution in [-0.2, 0) is 11.3 Å². The molecule has 0 bridgehead atoms. The van der Waals surface area contributed by atoms with E-state index in [2.05, 4.69) is 5.32 Å². The van der Waals surface area contributed by atoms with Gasteiger partial charge in [0.15, 0.2) is 0 Å². The fourth-order valence-electron chi connectivity index (χ4n) is 2.71. The summed E-state index contributed by atoms with van der Waals surface area (Å²) in [5, 5.41) is 12.1. The molecule has 2 amide bonds. The number of carbonyl (C=O) groups is 2. The highest BCUT2D eigenvalue weighted by molar-refractivity contribution is 5.94. The van der Waals surface area contributed by atoms with E-state index in [1.807, 2.05) is 49.9 Å². The number of amides is 2. The molecule has 0 atom stereocenters. The highest BCUT2D eigenvalue weighted by atomic mass is 16.3. The monoisotopic (exact) mass is 332 g/mol. The molecule has 0 saturated carbocycles. The van der Waals surface area contributed by atoms with Gasteiger partial charge in [-0.25, -0.2) is 0 Å². The third-order valence-corrected chi connectivity index (χ3v) is 4.50. The maximum atomic E-state index is 12.5. The summed E-state index contributed by atoms with van der Waals surface area (Å²) in [6.45, 7) is 7.71. The third-order valence-electron chi connectivity index (χ3n) is 4.50. The van der Waals surface area contributed by atoms with Crippen LogP contribution in [0.3, 0.4) is 0 Å². The fraction of sp³-hybridized carbons (Fsp3) is 0.579. The summed E-state index contributed by atoms with van der Waals surface area (Å²) < 4.78 is 0. The lowest BCUT2D eigenvalue weighted by Crippen LogP contribution is -2.39. The van der Waals surface area contributed by atoms with E-state index in [9.17, 15) is 9.59 Å². The van der Waals surface area contributed by atoms with Gasteiger partial charge in [0.25, 0.3) is 5.91 Å². The molecular formula is C19H28N2O3. The number of carbonyl (C=O) groups excluding carboxylic acids is 2. The molecule has 1 heterocycles. The first-order valence-electron chi connectivity index (χ1n) is 8.58. The van der Waals surface area contributed by atoms with Crippen molar-refractivity contribution in [3.05, 3.63) is 35.4 Å². The van der Waals surface area contributed by atoms with Crippen LogP contribution < -0.4 is 5.32 Å². The minimum absolute atomic E-state index is 0.00871. The lowest BCUT2D eigenvalue weighted by Gasteiger charge is -2.31. The number of piperidine rings is 1. The number of benzene rings is 1. The molecule has 0 unspecified atom stereocenters. The zero-order valence-corrected chi connectivity index (χ0v) is 14.8. The van der Waals surface area contributed by atoms with E-state index < -0.39 is 5.41 Å². The van der Waals surface area contributed by atoms with Crippen molar-refractivity contribution in [3.8, 4) is 0 Å². The Morgan fingerprint density at radius 2 is 1.75 bits per heavy atom. The van der Waals surface area contributed by atoms with Crippen molar-refractivity contribution < 1.29 is 14.7 Å². The molecule has 1 aromatic carbocycles. The first kappa shape index (κ1) is 18.5. The molecule has 0 aromatic heterocycles. The lowest BCUT2D eigenvalue weighted by molar-refractivity contribution is -0.128. The van der Waals surface area contributed by atoms with Crippen LogP contribution in [0.1, 0.15) is 49.5 Å². The molecule has 0 radical (unpaired) electrons. The van der Waals surface area contributed by atoms with Gasteiger partial charge in [0.2, 0.25) is 5.91 Å². The molecule has 0 aliphatic carbocycles. The number of rotatable bonds is 4. The van der Waals surface area contributed by atoms with Crippen LogP contribution in [0.15, 0.2) is 24.3 Å². The van der Waals surface area contributed by atoms with Crippen molar-refractivity contribution in [2.45, 2.75) is 40.2 Å². The van der Waals surface area contributed by atoms with E-state index >= 15 is 0 Å². The maximum absolute atomic E-state index is 12.5. The second kappa shape index (κ2) is 7.79. The van der Waals surface area contributed by atoms with Gasteiger partial charge >= 0.3 is 0 Å². The summed E-state index contributed by atoms with van der Waals surface area (Å²) in [4.78, 5) is 26.2. The van der Waals surface area contributed by atoms with E-state index in [4.69, 9.17) is 5.11 Å². The van der Waals surface area contributed by atoms with Crippen molar-refractivity contribution in [1.82, 2.24) is 10.2 Å². The summed E-state index contributed by atoms with van der Waals surface area (Å²) in [6.07, 6.45) is 1.72. The molecule has 1 fully saturated rings. The van der Waals surface area contributed by atoms with Gasteiger partial charge in [-0.05, 0) is 36.5 Å². The second-order valence-electron chi connectivity index (χ2n) is 7.55. The Labute approximate surface area is 144 Å². The predicted octanol–water partition coefficient (Wildman–Crippen LogP) is 2.19. The van der Waals surface area contributed by atoms with Gasteiger partial charge in [0.1, 0.15) is 0 Å². The van der Waals surface area contributed by atoms with Crippen molar-refractivity contribution in [3.63, 3.8) is 0 Å². The van der Waals surface area contributed by atoms with Crippen LogP contribution in [0.2, 0.25) is 0 Å². The van der Waals surface area contributed by atoms with Crippen LogP contribution in [-0.4, -0.2) is 41.5 Å². The molecule has 1 saturated heterocycles. The second-order valence-corrected chi connectivity index (χ2v) is 7.55. The molecule has 24 heavy (non-hydrogen) atoms. The van der Waals surface area contributed by atoms with Crippen molar-refractivity contribution in [2.24, 2.45) is 11.3 Å². The van der Waals surface area contributed by atoms with Gasteiger partial charge in [0.05, 0.1) is 0 Å². The Kier molecular flexibility index (Phi) is 5.99. The maximum Gasteiger partial charge on any atom is 0.253 e. The summed E-state index contributed by atoms with van der Waals surface area (Å²) in [6, 6.07) is 7.41. The molecule has 1 aliphatic rings. The normalized spacial score (nSPS) is 16.1. The van der Waals surface area contributed by atoms with Crippen LogP contribution in [0.5, 0.6) is 0 Å². The van der Waals surface area contributed by atoms with E-state index in [0.29, 0.717) is 31.1 Å². The number of hydrogen-bond donors (Lipinski definition) is 2. The molecular weight excluding hydrogens is 304 g/mol. The molecule has 2 rings (SSSR count). The van der Waals surface area contributed by atoms with Crippen LogP contribution in [0.25, 0.3) is 0 Å². The average Bonchev–Trinajstić information content (AvgIpc) is 2.58. The number of nitrogens with zero attached hydrogens (tertiary/aromatic N) is 1. The van der Waals surface area contributed by atoms with Crippen molar-refractivity contribution in [2.75, 3.05) is 19.7 Å². The zero-order valence-electron chi connectivity index (χ0n) is 14.8. The number of hydrogen-bond acceptors (Lipinski definition) is 3. The number of nitrogens with one attached hydrogen (secondary N) is 1. The highest BCUT2D eigenvalue weighted by Crippen LogP contribution is 2.19. The van der Waals surface area contributed by atoms with Gasteiger partial charge in [-0.2, -0.15) is 0 Å². The number of aliphatic hydroxyl groups is 1. The summed E-state index contributed by atoms with van der Waals surface area (Å²) in [7, 11) is 0. The largest absolute Gasteiger partial charge is 0.396 e. The first-order valence-corrected chi connectivity index (χ1v) is 8.58. The standard InChI is InChI=1S/C19H28N2O3/c1-19(2,3)18(24)20-12-14-4-6-16(7-5-14)17(23)21-10-8-15(13-22)9-11-21/h4-7,15,22H,8-13H2,1-3H3,(H,20,24). The Morgan fingerprint density at radius 3 is 2.25 bits per heavy atom. The lowest BCUT2D eigenvalue weighted by atomic mass is 9.95. The number of aliphatic hydroxyl groups excluding tert-OH is 1. The van der Waals surface area contributed by atoms with E-state index in [0.717, 1.165) is 18.4 Å². The fourth-order valence-corrected chi connectivity index (χ4v) is 2.71. The zero-order chi connectivity index (χ0) is 17.7. The third kappa shape index (κ3) is 4.81. The minimum atomic E-state index is -0.406. The van der Waals surface area contributed by atoms with Crippen molar-refractivity contribution in [1.29, 1.82) is 0 Å². The molecule has 1 aromatic rings. The Hall–Kier alpha value is -1.88. The number of likely N-dealkylation sites (tertiary alicyclic amines) is 1. The van der Waals surface area contributed by atoms with E-state index in [1.54, 1.807) is 0 Å². The highest BCUT2D eigenvalue weighted by Gasteiger charge is 2.23. The predicted molar refractivity (Wildman–Crippen MR) is 93.5 cm³/mol. The van der Waals surface area contributed by atoms with Gasteiger partial charge in [0, 0.05) is 37.2 Å². The quantitative estimate of drug-likeness (QED) is 0.888. The first-order chi connectivity index (χ1) is 11.3. The van der Waals surface area contributed by atoms with E-state index in [1.165, 1.54) is 0 Å². The average molecular weight is 332 g/mol. The van der Waals surface area contributed by atoms with Crippen LogP contribution in [0.4, 0.5) is 0 Å². The van der Waals surface area contributed by atoms with Gasteiger partial charge in [-0.15, -0.1) is 0 Å². The smallest absolute Gasteiger partial charge is 0.253 e. The van der Waals surface area contributed by atoms with Gasteiger partial charge < -0.3 is 15.3 Å². The summed E-state index contributed by atoms with van der Waals surface area (Å²) in [5.41, 5.74) is 1.24.